The number of carboxylic acids is 1. The van der Waals surface area contributed by atoms with Crippen LogP contribution in [-0.2, 0) is 7.05 Å². The molecule has 0 aliphatic rings. The van der Waals surface area contributed by atoms with E-state index in [1.165, 1.54) is 12.1 Å². The molecule has 0 saturated heterocycles. The van der Waals surface area contributed by atoms with Crippen molar-refractivity contribution < 1.29 is 14.7 Å². The van der Waals surface area contributed by atoms with Crippen molar-refractivity contribution in [2.75, 3.05) is 5.32 Å². The number of nitrogens with one attached hydrogen (secondary N) is 1. The Balaban J connectivity index is 2.20. The molecule has 92 valence electrons. The Labute approximate surface area is 104 Å². The van der Waals surface area contributed by atoms with Crippen molar-refractivity contribution in [3.63, 3.8) is 0 Å². The highest BCUT2D eigenvalue weighted by Gasteiger charge is 2.10. The largest absolute Gasteiger partial charge is 0.478 e. The average molecular weight is 244 g/mol. The summed E-state index contributed by atoms with van der Waals surface area (Å²) < 4.78 is 1.69. The third-order valence-electron chi connectivity index (χ3n) is 2.54. The van der Waals surface area contributed by atoms with Crippen molar-refractivity contribution >= 4 is 17.6 Å². The Morgan fingerprint density at radius 3 is 2.61 bits per heavy atom. The summed E-state index contributed by atoms with van der Waals surface area (Å²) in [6, 6.07) is 9.58. The van der Waals surface area contributed by atoms with Gasteiger partial charge in [0.1, 0.15) is 5.69 Å². The van der Waals surface area contributed by atoms with E-state index >= 15 is 0 Å². The maximum Gasteiger partial charge on any atom is 0.335 e. The third-order valence-corrected chi connectivity index (χ3v) is 2.54. The summed E-state index contributed by atoms with van der Waals surface area (Å²) in [7, 11) is 1.77. The zero-order chi connectivity index (χ0) is 13.1. The van der Waals surface area contributed by atoms with Gasteiger partial charge in [0.25, 0.3) is 5.91 Å². The normalized spacial score (nSPS) is 10.1. The molecule has 0 bridgehead atoms. The quantitative estimate of drug-likeness (QED) is 0.867. The smallest absolute Gasteiger partial charge is 0.335 e. The van der Waals surface area contributed by atoms with Crippen molar-refractivity contribution in [1.29, 1.82) is 0 Å². The summed E-state index contributed by atoms with van der Waals surface area (Å²) in [5.74, 6) is -1.30. The molecule has 0 atom stereocenters. The molecule has 0 spiro atoms. The van der Waals surface area contributed by atoms with Crippen LogP contribution in [-0.4, -0.2) is 21.6 Å². The van der Waals surface area contributed by atoms with Gasteiger partial charge in [-0.15, -0.1) is 0 Å². The van der Waals surface area contributed by atoms with Gasteiger partial charge in [0, 0.05) is 18.9 Å². The van der Waals surface area contributed by atoms with Gasteiger partial charge in [-0.3, -0.25) is 4.79 Å². The molecular weight excluding hydrogens is 232 g/mol. The predicted molar refractivity (Wildman–Crippen MR) is 66.8 cm³/mol. The van der Waals surface area contributed by atoms with Gasteiger partial charge in [0.2, 0.25) is 0 Å². The Hall–Kier alpha value is -2.56. The molecule has 5 nitrogen and oxygen atoms in total. The Kier molecular flexibility index (Phi) is 3.14. The number of benzene rings is 1. The van der Waals surface area contributed by atoms with Crippen LogP contribution in [0, 0.1) is 0 Å². The molecule has 1 aromatic heterocycles. The highest BCUT2D eigenvalue weighted by Crippen LogP contribution is 2.12. The lowest BCUT2D eigenvalue weighted by Gasteiger charge is -2.06. The van der Waals surface area contributed by atoms with Gasteiger partial charge in [-0.2, -0.15) is 0 Å². The minimum Gasteiger partial charge on any atom is -0.478 e. The van der Waals surface area contributed by atoms with Gasteiger partial charge in [-0.25, -0.2) is 4.79 Å². The van der Waals surface area contributed by atoms with Crippen molar-refractivity contribution in [3.05, 3.63) is 53.9 Å². The number of hydrogen-bond acceptors (Lipinski definition) is 2. The van der Waals surface area contributed by atoms with Gasteiger partial charge < -0.3 is 15.0 Å². The maximum absolute atomic E-state index is 11.9. The zero-order valence-corrected chi connectivity index (χ0v) is 9.75. The van der Waals surface area contributed by atoms with Crippen molar-refractivity contribution in [1.82, 2.24) is 4.57 Å². The van der Waals surface area contributed by atoms with E-state index in [1.54, 1.807) is 42.1 Å². The molecule has 0 saturated carbocycles. The molecule has 0 fully saturated rings. The minimum absolute atomic E-state index is 0.139. The fourth-order valence-electron chi connectivity index (χ4n) is 1.62. The highest BCUT2D eigenvalue weighted by atomic mass is 16.4. The lowest BCUT2D eigenvalue weighted by Crippen LogP contribution is -2.15. The van der Waals surface area contributed by atoms with Gasteiger partial charge >= 0.3 is 5.97 Å². The van der Waals surface area contributed by atoms with Crippen LogP contribution in [0.15, 0.2) is 42.6 Å². The number of rotatable bonds is 3. The number of aromatic nitrogens is 1. The van der Waals surface area contributed by atoms with Crippen molar-refractivity contribution in [3.8, 4) is 0 Å². The monoisotopic (exact) mass is 244 g/mol. The molecule has 18 heavy (non-hydrogen) atoms. The van der Waals surface area contributed by atoms with E-state index < -0.39 is 5.97 Å². The molecule has 2 aromatic rings. The fourth-order valence-corrected chi connectivity index (χ4v) is 1.62. The molecule has 5 heteroatoms. The average Bonchev–Trinajstić information content (AvgIpc) is 2.76. The van der Waals surface area contributed by atoms with Gasteiger partial charge in [-0.1, -0.05) is 6.07 Å². The summed E-state index contributed by atoms with van der Waals surface area (Å²) in [4.78, 5) is 22.7. The molecule has 1 heterocycles. The molecule has 1 amide bonds. The molecule has 0 radical (unpaired) electrons. The van der Waals surface area contributed by atoms with Crippen LogP contribution in [0.2, 0.25) is 0 Å². The van der Waals surface area contributed by atoms with E-state index in [4.69, 9.17) is 5.11 Å². The SMILES string of the molecule is Cn1cccc1C(=O)Nc1cccc(C(=O)O)c1. The summed E-state index contributed by atoms with van der Waals surface area (Å²) in [5, 5.41) is 11.5. The number of hydrogen-bond donors (Lipinski definition) is 2. The summed E-state index contributed by atoms with van der Waals surface area (Å²) in [5.41, 5.74) is 1.11. The second kappa shape index (κ2) is 4.75. The lowest BCUT2D eigenvalue weighted by molar-refractivity contribution is 0.0696. The first-order valence-corrected chi connectivity index (χ1v) is 5.34. The predicted octanol–water partition coefficient (Wildman–Crippen LogP) is 1.98. The number of carbonyl (C=O) groups is 2. The van der Waals surface area contributed by atoms with Crippen molar-refractivity contribution in [2.45, 2.75) is 0 Å². The number of anilines is 1. The number of nitrogens with zero attached hydrogens (tertiary/aromatic N) is 1. The summed E-state index contributed by atoms with van der Waals surface area (Å²) in [6.45, 7) is 0. The van der Waals surface area contributed by atoms with Crippen LogP contribution in [0.5, 0.6) is 0 Å². The molecule has 2 rings (SSSR count). The fraction of sp³-hybridized carbons (Fsp3) is 0.0769. The minimum atomic E-state index is -1.02. The number of carbonyl (C=O) groups excluding carboxylic acids is 1. The Morgan fingerprint density at radius 2 is 2.00 bits per heavy atom. The van der Waals surface area contributed by atoms with E-state index in [9.17, 15) is 9.59 Å². The number of aromatic carboxylic acids is 1. The van der Waals surface area contributed by atoms with E-state index in [0.29, 0.717) is 11.4 Å². The lowest BCUT2D eigenvalue weighted by atomic mass is 10.2. The Morgan fingerprint density at radius 1 is 1.22 bits per heavy atom. The first-order chi connectivity index (χ1) is 8.58. The standard InChI is InChI=1S/C13H12N2O3/c1-15-7-3-6-11(15)12(16)14-10-5-2-4-9(8-10)13(17)18/h2-8H,1H3,(H,14,16)(H,17,18). The summed E-state index contributed by atoms with van der Waals surface area (Å²) in [6.07, 6.45) is 1.77. The van der Waals surface area contributed by atoms with E-state index in [2.05, 4.69) is 5.32 Å². The molecule has 1 aromatic carbocycles. The number of carboxylic acid groups (broad SMARTS) is 1. The first kappa shape index (κ1) is 11.9. The van der Waals surface area contributed by atoms with Crippen LogP contribution in [0.4, 0.5) is 5.69 Å². The third kappa shape index (κ3) is 2.40. The molecule has 0 aliphatic heterocycles. The summed E-state index contributed by atoms with van der Waals surface area (Å²) >= 11 is 0. The van der Waals surface area contributed by atoms with Gasteiger partial charge in [0.05, 0.1) is 5.56 Å². The van der Waals surface area contributed by atoms with E-state index in [1.807, 2.05) is 0 Å². The molecule has 0 aliphatic carbocycles. The second-order valence-electron chi connectivity index (χ2n) is 3.84. The van der Waals surface area contributed by atoms with Crippen LogP contribution < -0.4 is 5.32 Å². The maximum atomic E-state index is 11.9. The van der Waals surface area contributed by atoms with E-state index in [0.717, 1.165) is 0 Å². The molecule has 0 unspecified atom stereocenters. The first-order valence-electron chi connectivity index (χ1n) is 5.34. The topological polar surface area (TPSA) is 71.3 Å². The number of amides is 1. The van der Waals surface area contributed by atoms with Crippen LogP contribution >= 0.6 is 0 Å². The number of aryl methyl sites for hydroxylation is 1. The van der Waals surface area contributed by atoms with Crippen LogP contribution in [0.25, 0.3) is 0 Å². The molecule has 2 N–H and O–H groups in total. The second-order valence-corrected chi connectivity index (χ2v) is 3.84. The van der Waals surface area contributed by atoms with E-state index in [-0.39, 0.29) is 11.5 Å². The van der Waals surface area contributed by atoms with Crippen LogP contribution in [0.3, 0.4) is 0 Å². The van der Waals surface area contributed by atoms with Gasteiger partial charge in [-0.05, 0) is 30.3 Å². The van der Waals surface area contributed by atoms with Gasteiger partial charge in [0.15, 0.2) is 0 Å². The highest BCUT2D eigenvalue weighted by molar-refractivity contribution is 6.03. The van der Waals surface area contributed by atoms with Crippen LogP contribution in [0.1, 0.15) is 20.8 Å². The Bertz CT molecular complexity index is 602. The van der Waals surface area contributed by atoms with Crippen molar-refractivity contribution in [2.24, 2.45) is 7.05 Å². The zero-order valence-electron chi connectivity index (χ0n) is 9.75. The molecular formula is C13H12N2O3.